The maximum Gasteiger partial charge on any atom is 0.391 e. The van der Waals surface area contributed by atoms with Gasteiger partial charge in [0.05, 0.1) is 19.6 Å². The summed E-state index contributed by atoms with van der Waals surface area (Å²) in [4.78, 5) is 10.8. The number of carbonyl (C=O) groups is 1. The first-order valence-corrected chi connectivity index (χ1v) is 5.30. The van der Waals surface area contributed by atoms with Gasteiger partial charge in [-0.05, 0) is 25.7 Å². The molecular formula is C10H16F3NO2. The van der Waals surface area contributed by atoms with Crippen LogP contribution in [0.3, 0.4) is 0 Å². The predicted octanol–water partition coefficient (Wildman–Crippen LogP) is 1.87. The quantitative estimate of drug-likeness (QED) is 0.764. The van der Waals surface area contributed by atoms with E-state index in [1.165, 1.54) is 7.11 Å². The lowest BCUT2D eigenvalue weighted by molar-refractivity contribution is -0.182. The molecule has 1 rings (SSSR count). The van der Waals surface area contributed by atoms with Crippen LogP contribution in [0, 0.1) is 5.92 Å². The van der Waals surface area contributed by atoms with Crippen LogP contribution >= 0.6 is 0 Å². The first-order valence-electron chi connectivity index (χ1n) is 5.30. The molecule has 1 N–H and O–H groups in total. The molecule has 0 amide bonds. The number of nitrogens with one attached hydrogen (secondary N) is 1. The third-order valence-electron chi connectivity index (χ3n) is 2.95. The van der Waals surface area contributed by atoms with Crippen LogP contribution in [0.25, 0.3) is 0 Å². The number of methoxy groups -OCH3 is 1. The van der Waals surface area contributed by atoms with Crippen molar-refractivity contribution in [2.45, 2.75) is 37.9 Å². The highest BCUT2D eigenvalue weighted by molar-refractivity contribution is 5.71. The maximum absolute atomic E-state index is 12.3. The van der Waals surface area contributed by atoms with E-state index >= 15 is 0 Å². The predicted molar refractivity (Wildman–Crippen MR) is 51.8 cm³/mol. The molecule has 0 spiro atoms. The van der Waals surface area contributed by atoms with Crippen molar-refractivity contribution < 1.29 is 22.7 Å². The first-order chi connectivity index (χ1) is 7.43. The molecule has 16 heavy (non-hydrogen) atoms. The summed E-state index contributed by atoms with van der Waals surface area (Å²) in [5, 5.41) is 2.90. The van der Waals surface area contributed by atoms with Gasteiger partial charge in [-0.15, -0.1) is 0 Å². The van der Waals surface area contributed by atoms with Crippen LogP contribution in [-0.2, 0) is 9.53 Å². The summed E-state index contributed by atoms with van der Waals surface area (Å²) in [5.41, 5.74) is 0. The molecule has 94 valence electrons. The monoisotopic (exact) mass is 239 g/mol. The number of hydrogen-bond acceptors (Lipinski definition) is 3. The van der Waals surface area contributed by atoms with Crippen molar-refractivity contribution in [1.82, 2.24) is 5.32 Å². The van der Waals surface area contributed by atoms with Crippen molar-refractivity contribution in [1.29, 1.82) is 0 Å². The zero-order valence-corrected chi connectivity index (χ0v) is 9.14. The number of rotatable bonds is 3. The van der Waals surface area contributed by atoms with Crippen LogP contribution in [0.4, 0.5) is 13.2 Å². The second-order valence-corrected chi connectivity index (χ2v) is 4.05. The molecular weight excluding hydrogens is 223 g/mol. The molecule has 0 aromatic heterocycles. The van der Waals surface area contributed by atoms with Gasteiger partial charge in [-0.2, -0.15) is 13.2 Å². The number of esters is 1. The van der Waals surface area contributed by atoms with Gasteiger partial charge in [-0.1, -0.05) is 0 Å². The average molecular weight is 239 g/mol. The number of carbonyl (C=O) groups excluding carboxylic acids is 1. The summed E-state index contributed by atoms with van der Waals surface area (Å²) in [6.45, 7) is 0.0673. The van der Waals surface area contributed by atoms with E-state index in [0.717, 1.165) is 0 Å². The van der Waals surface area contributed by atoms with E-state index in [1.54, 1.807) is 0 Å². The zero-order chi connectivity index (χ0) is 12.2. The van der Waals surface area contributed by atoms with E-state index in [9.17, 15) is 18.0 Å². The van der Waals surface area contributed by atoms with Crippen molar-refractivity contribution in [2.24, 2.45) is 5.92 Å². The Kier molecular flexibility index (Phi) is 4.58. The summed E-state index contributed by atoms with van der Waals surface area (Å²) in [6, 6.07) is -0.00213. The Labute approximate surface area is 92.3 Å². The number of ether oxygens (including phenoxy) is 1. The highest BCUT2D eigenvalue weighted by Crippen LogP contribution is 2.37. The van der Waals surface area contributed by atoms with E-state index in [4.69, 9.17) is 0 Å². The van der Waals surface area contributed by atoms with Gasteiger partial charge in [-0.3, -0.25) is 4.79 Å². The third kappa shape index (κ3) is 4.00. The fraction of sp³-hybridized carbons (Fsp3) is 0.900. The van der Waals surface area contributed by atoms with Crippen LogP contribution in [0.15, 0.2) is 0 Å². The molecule has 0 atom stereocenters. The van der Waals surface area contributed by atoms with Crippen molar-refractivity contribution >= 4 is 5.97 Å². The van der Waals surface area contributed by atoms with Crippen LogP contribution in [-0.4, -0.2) is 31.8 Å². The Balaban J connectivity index is 2.25. The highest BCUT2D eigenvalue weighted by Gasteiger charge is 2.41. The molecule has 0 aliphatic heterocycles. The van der Waals surface area contributed by atoms with Crippen molar-refractivity contribution in [3.63, 3.8) is 0 Å². The van der Waals surface area contributed by atoms with Gasteiger partial charge in [0.15, 0.2) is 0 Å². The molecule has 1 aliphatic carbocycles. The fourth-order valence-electron chi connectivity index (χ4n) is 1.92. The third-order valence-corrected chi connectivity index (χ3v) is 2.95. The molecule has 1 saturated carbocycles. The van der Waals surface area contributed by atoms with E-state index < -0.39 is 18.1 Å². The maximum atomic E-state index is 12.3. The molecule has 3 nitrogen and oxygen atoms in total. The SMILES string of the molecule is COC(=O)CNC1CCC(C(F)(F)F)CC1. The standard InChI is InChI=1S/C10H16F3NO2/c1-16-9(15)6-14-8-4-2-7(3-5-8)10(11,12)13/h7-8,14H,2-6H2,1H3. The minimum Gasteiger partial charge on any atom is -0.468 e. The molecule has 1 fully saturated rings. The molecule has 0 bridgehead atoms. The normalized spacial score (nSPS) is 26.5. The summed E-state index contributed by atoms with van der Waals surface area (Å²) in [7, 11) is 1.28. The van der Waals surface area contributed by atoms with Crippen LogP contribution in [0.1, 0.15) is 25.7 Å². The molecule has 0 unspecified atom stereocenters. The van der Waals surface area contributed by atoms with Gasteiger partial charge in [-0.25, -0.2) is 0 Å². The van der Waals surface area contributed by atoms with Gasteiger partial charge in [0.25, 0.3) is 0 Å². The molecule has 0 saturated heterocycles. The number of hydrogen-bond donors (Lipinski definition) is 1. The molecule has 0 aromatic carbocycles. The van der Waals surface area contributed by atoms with E-state index in [-0.39, 0.29) is 25.4 Å². The lowest BCUT2D eigenvalue weighted by atomic mass is 9.85. The summed E-state index contributed by atoms with van der Waals surface area (Å²) in [6.07, 6.45) is -2.87. The van der Waals surface area contributed by atoms with E-state index in [1.807, 2.05) is 0 Å². The Hall–Kier alpha value is -0.780. The summed E-state index contributed by atoms with van der Waals surface area (Å²) < 4.78 is 41.5. The van der Waals surface area contributed by atoms with Gasteiger partial charge >= 0.3 is 12.1 Å². The van der Waals surface area contributed by atoms with Gasteiger partial charge in [0.1, 0.15) is 0 Å². The molecule has 0 aromatic rings. The first kappa shape index (κ1) is 13.3. The van der Waals surface area contributed by atoms with Gasteiger partial charge in [0.2, 0.25) is 0 Å². The fourth-order valence-corrected chi connectivity index (χ4v) is 1.92. The summed E-state index contributed by atoms with van der Waals surface area (Å²) >= 11 is 0. The van der Waals surface area contributed by atoms with Crippen molar-refractivity contribution in [3.05, 3.63) is 0 Å². The van der Waals surface area contributed by atoms with E-state index in [2.05, 4.69) is 10.1 Å². The largest absolute Gasteiger partial charge is 0.468 e. The average Bonchev–Trinajstić information content (AvgIpc) is 2.25. The van der Waals surface area contributed by atoms with Gasteiger partial charge in [0, 0.05) is 6.04 Å². The van der Waals surface area contributed by atoms with Crippen LogP contribution in [0.5, 0.6) is 0 Å². The Bertz CT molecular complexity index is 235. The minimum absolute atomic E-state index is 0.00213. The second kappa shape index (κ2) is 5.52. The lowest BCUT2D eigenvalue weighted by Gasteiger charge is -2.30. The minimum atomic E-state index is -4.08. The summed E-state index contributed by atoms with van der Waals surface area (Å²) in [5.74, 6) is -1.57. The number of halogens is 3. The van der Waals surface area contributed by atoms with E-state index in [0.29, 0.717) is 12.8 Å². The smallest absolute Gasteiger partial charge is 0.391 e. The molecule has 6 heteroatoms. The molecule has 0 heterocycles. The van der Waals surface area contributed by atoms with Crippen LogP contribution in [0.2, 0.25) is 0 Å². The molecule has 0 radical (unpaired) electrons. The van der Waals surface area contributed by atoms with Crippen molar-refractivity contribution in [3.8, 4) is 0 Å². The highest BCUT2D eigenvalue weighted by atomic mass is 19.4. The Morgan fingerprint density at radius 3 is 2.31 bits per heavy atom. The zero-order valence-electron chi connectivity index (χ0n) is 9.14. The molecule has 1 aliphatic rings. The second-order valence-electron chi connectivity index (χ2n) is 4.05. The Morgan fingerprint density at radius 2 is 1.88 bits per heavy atom. The van der Waals surface area contributed by atoms with Gasteiger partial charge < -0.3 is 10.1 Å². The number of alkyl halides is 3. The van der Waals surface area contributed by atoms with Crippen LogP contribution < -0.4 is 5.32 Å². The Morgan fingerprint density at radius 1 is 1.31 bits per heavy atom. The topological polar surface area (TPSA) is 38.3 Å². The lowest BCUT2D eigenvalue weighted by Crippen LogP contribution is -2.39. The van der Waals surface area contributed by atoms with Crippen molar-refractivity contribution in [2.75, 3.05) is 13.7 Å².